The van der Waals surface area contributed by atoms with Crippen LogP contribution in [0, 0.1) is 6.07 Å². The van der Waals surface area contributed by atoms with E-state index < -0.39 is 5.92 Å². The smallest absolute Gasteiger partial charge is 0.656 e. The Kier molecular flexibility index (Phi) is 8.59. The van der Waals surface area contributed by atoms with E-state index in [0.29, 0.717) is 39.0 Å². The summed E-state index contributed by atoms with van der Waals surface area (Å²) in [6, 6.07) is 61.4. The van der Waals surface area contributed by atoms with Crippen molar-refractivity contribution in [3.8, 4) is 34.0 Å². The van der Waals surface area contributed by atoms with E-state index in [0.717, 1.165) is 71.6 Å². The second kappa shape index (κ2) is 14.4. The van der Waals surface area contributed by atoms with Gasteiger partial charge in [0.1, 0.15) is 11.4 Å². The zero-order valence-electron chi connectivity index (χ0n) is 33.6. The molecule has 13 aromatic rings. The molecule has 306 valence electrons. The number of benzene rings is 8. The van der Waals surface area contributed by atoms with Crippen LogP contribution in [-0.4, -0.2) is 19.1 Å². The Morgan fingerprint density at radius 3 is 2.14 bits per heavy atom. The van der Waals surface area contributed by atoms with E-state index in [9.17, 15) is 0 Å². The molecule has 5 heterocycles. The molecule has 0 fully saturated rings. The summed E-state index contributed by atoms with van der Waals surface area (Å²) in [5.74, 6) is -1.92. The van der Waals surface area contributed by atoms with Gasteiger partial charge in [-0.2, -0.15) is 8.78 Å². The third kappa shape index (κ3) is 5.52. The first-order valence-electron chi connectivity index (χ1n) is 20.7. The van der Waals surface area contributed by atoms with E-state index in [1.807, 2.05) is 91.1 Å². The van der Waals surface area contributed by atoms with Gasteiger partial charge in [-0.3, -0.25) is 4.57 Å². The molecule has 0 amide bonds. The monoisotopic (exact) mass is 1010 g/mol. The fourth-order valence-corrected chi connectivity index (χ4v) is 9.55. The molecule has 9 heteroatoms. The number of para-hydroxylation sites is 5. The number of alkyl halides is 2. The second-order valence-electron chi connectivity index (χ2n) is 15.8. The van der Waals surface area contributed by atoms with Crippen molar-refractivity contribution in [1.82, 2.24) is 24.1 Å². The summed E-state index contributed by atoms with van der Waals surface area (Å²) in [5.41, 5.74) is 9.30. The summed E-state index contributed by atoms with van der Waals surface area (Å²) in [6.45, 7) is 0. The number of halogens is 2. The van der Waals surface area contributed by atoms with E-state index in [4.69, 9.17) is 19.4 Å². The molecular weight excluding hydrogens is 980 g/mol. The molecule has 0 saturated heterocycles. The molecule has 0 atom stereocenters. The first-order chi connectivity index (χ1) is 31.0. The molecule has 0 aliphatic carbocycles. The minimum atomic E-state index is -3.25. The molecular formula is C55H31F2N5OPt. The average Bonchev–Trinajstić information content (AvgIpc) is 4.11. The number of furan rings is 1. The first kappa shape index (κ1) is 38.0. The minimum Gasteiger partial charge on any atom is -0.656 e. The van der Waals surface area contributed by atoms with Crippen molar-refractivity contribution < 1.29 is 34.3 Å². The largest absolute Gasteiger partial charge is 2.00 e. The normalized spacial score (nSPS) is 12.1. The van der Waals surface area contributed by atoms with Crippen LogP contribution in [0.1, 0.15) is 11.1 Å². The Balaban J connectivity index is 0.00000433. The molecule has 8 aromatic carbocycles. The van der Waals surface area contributed by atoms with Gasteiger partial charge in [-0.1, -0.05) is 144 Å². The van der Waals surface area contributed by atoms with Crippen molar-refractivity contribution in [3.63, 3.8) is 0 Å². The Hall–Kier alpha value is -7.67. The fraction of sp³-hybridized carbons (Fsp3) is 0.0182. The van der Waals surface area contributed by atoms with E-state index in [1.165, 1.54) is 18.2 Å². The molecule has 0 radical (unpaired) electrons. The number of aromatic nitrogens is 5. The van der Waals surface area contributed by atoms with Gasteiger partial charge in [0, 0.05) is 44.9 Å². The SMILES string of the molecule is FC(F)(c1ccccc1)c1cccc2[n-]c3c(-c4nc5c(-c6[c-]c7c(cc6)c6ccccc6n7-c6nccc7c6oc6ccccc67)cccc5n4-c4ccccc4)cccc3c12.[Pt+2]. The first-order valence-corrected chi connectivity index (χ1v) is 20.7. The van der Waals surface area contributed by atoms with Gasteiger partial charge >= 0.3 is 21.1 Å². The second-order valence-corrected chi connectivity index (χ2v) is 15.8. The van der Waals surface area contributed by atoms with Crippen LogP contribution in [0.2, 0.25) is 0 Å². The van der Waals surface area contributed by atoms with Crippen LogP contribution >= 0.6 is 0 Å². The summed E-state index contributed by atoms with van der Waals surface area (Å²) in [5, 5.41) is 5.20. The molecule has 5 aromatic heterocycles. The zero-order chi connectivity index (χ0) is 41.8. The molecule has 0 N–H and O–H groups in total. The van der Waals surface area contributed by atoms with Gasteiger partial charge in [0.25, 0.3) is 5.92 Å². The Morgan fingerprint density at radius 1 is 0.578 bits per heavy atom. The van der Waals surface area contributed by atoms with Crippen LogP contribution in [0.4, 0.5) is 8.78 Å². The fourth-order valence-electron chi connectivity index (χ4n) is 9.55. The van der Waals surface area contributed by atoms with E-state index in [2.05, 4.69) is 63.7 Å². The van der Waals surface area contributed by atoms with Crippen LogP contribution in [0.5, 0.6) is 0 Å². The van der Waals surface area contributed by atoms with Crippen molar-refractivity contribution >= 4 is 76.6 Å². The van der Waals surface area contributed by atoms with Crippen molar-refractivity contribution in [2.45, 2.75) is 5.92 Å². The van der Waals surface area contributed by atoms with Crippen LogP contribution < -0.4 is 4.98 Å². The molecule has 0 unspecified atom stereocenters. The van der Waals surface area contributed by atoms with Gasteiger partial charge in [0.15, 0.2) is 11.4 Å². The van der Waals surface area contributed by atoms with E-state index in [-0.39, 0.29) is 32.2 Å². The van der Waals surface area contributed by atoms with Crippen LogP contribution in [0.25, 0.3) is 111 Å². The summed E-state index contributed by atoms with van der Waals surface area (Å²) >= 11 is 0. The maximum absolute atomic E-state index is 16.4. The van der Waals surface area contributed by atoms with Crippen LogP contribution in [-0.2, 0) is 27.0 Å². The van der Waals surface area contributed by atoms with Crippen molar-refractivity contribution in [2.24, 2.45) is 0 Å². The number of nitrogens with zero attached hydrogens (tertiary/aromatic N) is 5. The topological polar surface area (TPSA) is 62.9 Å². The molecule has 0 bridgehead atoms. The molecule has 0 spiro atoms. The predicted molar refractivity (Wildman–Crippen MR) is 248 cm³/mol. The Labute approximate surface area is 378 Å². The molecule has 6 nitrogen and oxygen atoms in total. The molecule has 0 saturated carbocycles. The Morgan fingerprint density at radius 2 is 1.28 bits per heavy atom. The third-order valence-corrected chi connectivity index (χ3v) is 12.4. The standard InChI is InChI=1S/C55H31F2N5O.Pt/c56-55(57,34-14-3-1-4-15-34)43-23-13-24-44-49(43)41-21-11-22-42(50(41)59-44)53-60-51-36(20-12-26-46(51)61(53)35-16-5-2-6-17-35)33-28-29-38-37-18-7-9-25-45(37)62(47(38)32-33)54-52-40(30-31-58-54)39-19-8-10-27-48(39)63-52;/h1-31H;/q-2;+2. The number of hydrogen-bond donors (Lipinski definition) is 0. The van der Waals surface area contributed by atoms with Gasteiger partial charge in [0.05, 0.1) is 11.0 Å². The number of fused-ring (bicyclic) bond motifs is 10. The number of pyridine rings is 1. The molecule has 13 rings (SSSR count). The van der Waals surface area contributed by atoms with Crippen LogP contribution in [0.15, 0.2) is 193 Å². The van der Waals surface area contributed by atoms with Gasteiger partial charge in [-0.05, 0) is 58.1 Å². The van der Waals surface area contributed by atoms with E-state index >= 15 is 8.78 Å². The Bertz CT molecular complexity index is 3960. The van der Waals surface area contributed by atoms with Gasteiger partial charge in [0.2, 0.25) is 0 Å². The zero-order valence-corrected chi connectivity index (χ0v) is 35.9. The maximum Gasteiger partial charge on any atom is 2.00 e. The molecule has 64 heavy (non-hydrogen) atoms. The predicted octanol–water partition coefficient (Wildman–Crippen LogP) is 14.0. The number of imidazole rings is 1. The summed E-state index contributed by atoms with van der Waals surface area (Å²) in [7, 11) is 0. The van der Waals surface area contributed by atoms with E-state index in [1.54, 1.807) is 30.3 Å². The van der Waals surface area contributed by atoms with Crippen LogP contribution in [0.3, 0.4) is 0 Å². The molecule has 0 aliphatic heterocycles. The summed E-state index contributed by atoms with van der Waals surface area (Å²) < 4.78 is 43.6. The number of hydrogen-bond acceptors (Lipinski definition) is 3. The van der Waals surface area contributed by atoms with Crippen molar-refractivity contribution in [1.29, 1.82) is 0 Å². The quantitative estimate of drug-likeness (QED) is 0.156. The van der Waals surface area contributed by atoms with Gasteiger partial charge in [-0.15, -0.1) is 34.8 Å². The van der Waals surface area contributed by atoms with Crippen molar-refractivity contribution in [3.05, 3.63) is 205 Å². The van der Waals surface area contributed by atoms with Gasteiger partial charge < -0.3 is 14.0 Å². The minimum absolute atomic E-state index is 0. The van der Waals surface area contributed by atoms with Crippen molar-refractivity contribution in [2.75, 3.05) is 0 Å². The summed E-state index contributed by atoms with van der Waals surface area (Å²) in [6.07, 6.45) is 1.84. The maximum atomic E-state index is 16.4. The molecule has 0 aliphatic rings. The third-order valence-electron chi connectivity index (χ3n) is 12.4. The summed E-state index contributed by atoms with van der Waals surface area (Å²) in [4.78, 5) is 15.5. The number of rotatable bonds is 6. The van der Waals surface area contributed by atoms with Gasteiger partial charge in [-0.25, -0.2) is 9.97 Å². The average molecular weight is 1010 g/mol.